The van der Waals surface area contributed by atoms with Crippen LogP contribution in [-0.2, 0) is 11.2 Å². The Labute approximate surface area is 147 Å². The van der Waals surface area contributed by atoms with Crippen molar-refractivity contribution in [3.05, 3.63) is 83.9 Å². The summed E-state index contributed by atoms with van der Waals surface area (Å²) in [6.07, 6.45) is 4.72. The van der Waals surface area contributed by atoms with Gasteiger partial charge in [0.05, 0.1) is 12.3 Å². The van der Waals surface area contributed by atoms with Crippen molar-refractivity contribution in [3.63, 3.8) is 0 Å². The molecule has 25 heavy (non-hydrogen) atoms. The second kappa shape index (κ2) is 6.73. The average molecular weight is 336 g/mol. The molecule has 0 aliphatic carbocycles. The molecule has 4 rings (SSSR count). The quantitative estimate of drug-likeness (QED) is 0.686. The fourth-order valence-corrected chi connectivity index (χ4v) is 3.30. The standard InChI is InChI=1S/C21H21FN2O/c1-2-16-7-9-18(10-8-16)24-13-14-25-21(24)17-11-12-23(15-17)20-6-4-3-5-19(20)22/h3-12,15,21H,2,13-14H2,1H3/t21-/m1/s1. The predicted molar refractivity (Wildman–Crippen MR) is 97.6 cm³/mol. The van der Waals surface area contributed by atoms with Crippen molar-refractivity contribution < 1.29 is 9.13 Å². The monoisotopic (exact) mass is 336 g/mol. The summed E-state index contributed by atoms with van der Waals surface area (Å²) in [4.78, 5) is 2.25. The van der Waals surface area contributed by atoms with E-state index in [-0.39, 0.29) is 12.0 Å². The first-order valence-electron chi connectivity index (χ1n) is 8.66. The summed E-state index contributed by atoms with van der Waals surface area (Å²) in [5, 5.41) is 0. The Morgan fingerprint density at radius 1 is 1.08 bits per heavy atom. The van der Waals surface area contributed by atoms with E-state index in [4.69, 9.17) is 4.74 Å². The number of ether oxygens (including phenoxy) is 1. The Balaban J connectivity index is 1.61. The van der Waals surface area contributed by atoms with Gasteiger partial charge < -0.3 is 14.2 Å². The number of halogens is 1. The molecule has 1 aromatic heterocycles. The second-order valence-electron chi connectivity index (χ2n) is 6.24. The van der Waals surface area contributed by atoms with Gasteiger partial charge in [0.15, 0.2) is 6.23 Å². The summed E-state index contributed by atoms with van der Waals surface area (Å²) >= 11 is 0. The minimum Gasteiger partial charge on any atom is -0.352 e. The molecule has 0 saturated carbocycles. The van der Waals surface area contributed by atoms with Crippen molar-refractivity contribution in [2.45, 2.75) is 19.6 Å². The van der Waals surface area contributed by atoms with Gasteiger partial charge in [-0.05, 0) is 42.3 Å². The molecular formula is C21H21FN2O. The van der Waals surface area contributed by atoms with Crippen LogP contribution in [0.15, 0.2) is 67.0 Å². The van der Waals surface area contributed by atoms with Crippen LogP contribution >= 0.6 is 0 Å². The van der Waals surface area contributed by atoms with Gasteiger partial charge in [-0.15, -0.1) is 0 Å². The van der Waals surface area contributed by atoms with Gasteiger partial charge in [0.25, 0.3) is 0 Å². The highest BCUT2D eigenvalue weighted by Crippen LogP contribution is 2.33. The number of hydrogen-bond acceptors (Lipinski definition) is 2. The molecular weight excluding hydrogens is 315 g/mol. The van der Waals surface area contributed by atoms with Crippen molar-refractivity contribution in [3.8, 4) is 5.69 Å². The number of aryl methyl sites for hydroxylation is 1. The van der Waals surface area contributed by atoms with E-state index in [1.54, 1.807) is 12.1 Å². The Hall–Kier alpha value is -2.59. The van der Waals surface area contributed by atoms with Crippen LogP contribution in [0.2, 0.25) is 0 Å². The molecule has 2 heterocycles. The van der Waals surface area contributed by atoms with Crippen LogP contribution in [0.1, 0.15) is 24.3 Å². The van der Waals surface area contributed by atoms with Gasteiger partial charge in [-0.3, -0.25) is 0 Å². The zero-order valence-electron chi connectivity index (χ0n) is 14.2. The first kappa shape index (κ1) is 15.9. The highest BCUT2D eigenvalue weighted by molar-refractivity contribution is 5.50. The van der Waals surface area contributed by atoms with E-state index in [1.807, 2.05) is 29.1 Å². The van der Waals surface area contributed by atoms with Gasteiger partial charge in [-0.1, -0.05) is 31.2 Å². The smallest absolute Gasteiger partial charge is 0.158 e. The summed E-state index contributed by atoms with van der Waals surface area (Å²) in [5.41, 5.74) is 4.05. The fraction of sp³-hybridized carbons (Fsp3) is 0.238. The van der Waals surface area contributed by atoms with Crippen LogP contribution in [0.5, 0.6) is 0 Å². The van der Waals surface area contributed by atoms with E-state index in [2.05, 4.69) is 36.1 Å². The topological polar surface area (TPSA) is 17.4 Å². The third-order valence-electron chi connectivity index (χ3n) is 4.70. The second-order valence-corrected chi connectivity index (χ2v) is 6.24. The van der Waals surface area contributed by atoms with E-state index in [9.17, 15) is 4.39 Å². The minimum absolute atomic E-state index is 0.138. The first-order chi connectivity index (χ1) is 12.3. The van der Waals surface area contributed by atoms with Gasteiger partial charge in [-0.25, -0.2) is 4.39 Å². The zero-order valence-corrected chi connectivity index (χ0v) is 14.2. The lowest BCUT2D eigenvalue weighted by Gasteiger charge is -2.24. The lowest BCUT2D eigenvalue weighted by atomic mass is 10.1. The van der Waals surface area contributed by atoms with E-state index < -0.39 is 0 Å². The SMILES string of the molecule is CCc1ccc(N2CCO[C@@H]2c2ccn(-c3ccccc3F)c2)cc1. The Morgan fingerprint density at radius 2 is 1.88 bits per heavy atom. The van der Waals surface area contributed by atoms with Crippen molar-refractivity contribution >= 4 is 5.69 Å². The number of para-hydroxylation sites is 1. The van der Waals surface area contributed by atoms with Crippen molar-refractivity contribution in [1.29, 1.82) is 0 Å². The number of benzene rings is 2. The molecule has 128 valence electrons. The molecule has 0 spiro atoms. The number of hydrogen-bond donors (Lipinski definition) is 0. The first-order valence-corrected chi connectivity index (χ1v) is 8.66. The molecule has 1 aliphatic heterocycles. The van der Waals surface area contributed by atoms with Crippen LogP contribution < -0.4 is 4.90 Å². The molecule has 1 fully saturated rings. The van der Waals surface area contributed by atoms with Crippen molar-refractivity contribution in [1.82, 2.24) is 4.57 Å². The lowest BCUT2D eigenvalue weighted by Crippen LogP contribution is -2.22. The van der Waals surface area contributed by atoms with Crippen molar-refractivity contribution in [2.24, 2.45) is 0 Å². The fourth-order valence-electron chi connectivity index (χ4n) is 3.30. The van der Waals surface area contributed by atoms with Crippen LogP contribution in [0.25, 0.3) is 5.69 Å². The van der Waals surface area contributed by atoms with Gasteiger partial charge in [-0.2, -0.15) is 0 Å². The molecule has 0 bridgehead atoms. The zero-order chi connectivity index (χ0) is 17.2. The Bertz CT molecular complexity index is 856. The largest absolute Gasteiger partial charge is 0.352 e. The van der Waals surface area contributed by atoms with Gasteiger partial charge in [0, 0.05) is 30.2 Å². The lowest BCUT2D eigenvalue weighted by molar-refractivity contribution is 0.114. The molecule has 1 atom stereocenters. The van der Waals surface area contributed by atoms with Crippen LogP contribution in [-0.4, -0.2) is 17.7 Å². The number of aromatic nitrogens is 1. The maximum Gasteiger partial charge on any atom is 0.158 e. The van der Waals surface area contributed by atoms with E-state index >= 15 is 0 Å². The predicted octanol–water partition coefficient (Wildman–Crippen LogP) is 4.71. The molecule has 2 aromatic carbocycles. The van der Waals surface area contributed by atoms with E-state index in [0.29, 0.717) is 12.3 Å². The molecule has 1 saturated heterocycles. The maximum atomic E-state index is 14.0. The van der Waals surface area contributed by atoms with Gasteiger partial charge in [0.1, 0.15) is 5.82 Å². The molecule has 0 radical (unpaired) electrons. The molecule has 1 aliphatic rings. The highest BCUT2D eigenvalue weighted by Gasteiger charge is 2.28. The average Bonchev–Trinajstić information content (AvgIpc) is 3.31. The number of rotatable bonds is 4. The van der Waals surface area contributed by atoms with Gasteiger partial charge in [0.2, 0.25) is 0 Å². The minimum atomic E-state index is -0.232. The summed E-state index contributed by atoms with van der Waals surface area (Å²) in [7, 11) is 0. The number of nitrogens with zero attached hydrogens (tertiary/aromatic N) is 2. The van der Waals surface area contributed by atoms with Crippen LogP contribution in [0, 0.1) is 5.82 Å². The summed E-state index contributed by atoms with van der Waals surface area (Å²) < 4.78 is 21.8. The summed E-state index contributed by atoms with van der Waals surface area (Å²) in [5.74, 6) is -0.232. The van der Waals surface area contributed by atoms with Gasteiger partial charge >= 0.3 is 0 Å². The maximum absolute atomic E-state index is 14.0. The third-order valence-corrected chi connectivity index (χ3v) is 4.70. The summed E-state index contributed by atoms with van der Waals surface area (Å²) in [6.45, 7) is 3.69. The highest BCUT2D eigenvalue weighted by atomic mass is 19.1. The van der Waals surface area contributed by atoms with Crippen LogP contribution in [0.3, 0.4) is 0 Å². The Kier molecular flexibility index (Phi) is 4.28. The van der Waals surface area contributed by atoms with E-state index in [1.165, 1.54) is 11.6 Å². The molecule has 3 nitrogen and oxygen atoms in total. The molecule has 0 amide bonds. The van der Waals surface area contributed by atoms with Crippen LogP contribution in [0.4, 0.5) is 10.1 Å². The third kappa shape index (κ3) is 3.05. The number of anilines is 1. The Morgan fingerprint density at radius 3 is 2.64 bits per heavy atom. The molecule has 0 N–H and O–H groups in total. The molecule has 0 unspecified atom stereocenters. The molecule has 4 heteroatoms. The normalized spacial score (nSPS) is 17.2. The summed E-state index contributed by atoms with van der Waals surface area (Å²) in [6, 6.07) is 17.4. The van der Waals surface area contributed by atoms with E-state index in [0.717, 1.165) is 24.2 Å². The molecule has 3 aromatic rings. The van der Waals surface area contributed by atoms with Crippen molar-refractivity contribution in [2.75, 3.05) is 18.1 Å².